The van der Waals surface area contributed by atoms with E-state index in [-0.39, 0.29) is 0 Å². The first-order valence-electron chi connectivity index (χ1n) is 18.8. The lowest BCUT2D eigenvalue weighted by atomic mass is 9.97. The summed E-state index contributed by atoms with van der Waals surface area (Å²) in [5.41, 5.74) is 11.7. The molecule has 0 N–H and O–H groups in total. The number of fused-ring (bicyclic) bond motifs is 7. The van der Waals surface area contributed by atoms with Crippen LogP contribution in [0.1, 0.15) is 0 Å². The first-order chi connectivity index (χ1) is 27.3. The molecular formula is C52H34N2S. The third-order valence-electron chi connectivity index (χ3n) is 11.0. The van der Waals surface area contributed by atoms with E-state index in [4.69, 9.17) is 0 Å². The maximum absolute atomic E-state index is 2.43. The number of hydrogen-bond acceptors (Lipinski definition) is 2. The molecule has 2 heterocycles. The summed E-state index contributed by atoms with van der Waals surface area (Å²) in [5, 5.41) is 7.61. The Bertz CT molecular complexity index is 3170. The molecule has 3 heteroatoms. The van der Waals surface area contributed by atoms with Crippen molar-refractivity contribution in [1.29, 1.82) is 0 Å². The maximum atomic E-state index is 2.43. The van der Waals surface area contributed by atoms with E-state index in [1.165, 1.54) is 80.7 Å². The van der Waals surface area contributed by atoms with Crippen molar-refractivity contribution in [3.8, 4) is 27.9 Å². The molecule has 0 unspecified atom stereocenters. The normalized spacial score (nSPS) is 11.6. The van der Waals surface area contributed by atoms with Crippen LogP contribution in [0.3, 0.4) is 0 Å². The number of benzene rings is 9. The third-order valence-corrected chi connectivity index (χ3v) is 12.2. The molecular weight excluding hydrogens is 685 g/mol. The predicted octanol–water partition coefficient (Wildman–Crippen LogP) is 15.1. The molecule has 0 fully saturated rings. The van der Waals surface area contributed by atoms with Crippen molar-refractivity contribution in [3.63, 3.8) is 0 Å². The van der Waals surface area contributed by atoms with Gasteiger partial charge in [0.25, 0.3) is 0 Å². The molecule has 258 valence electrons. The molecule has 2 aromatic heterocycles. The maximum Gasteiger partial charge on any atom is 0.0640 e. The van der Waals surface area contributed by atoms with Crippen LogP contribution >= 0.6 is 11.3 Å². The monoisotopic (exact) mass is 718 g/mol. The van der Waals surface area contributed by atoms with Crippen LogP contribution in [-0.2, 0) is 0 Å². The van der Waals surface area contributed by atoms with Gasteiger partial charge in [-0.3, -0.25) is 0 Å². The van der Waals surface area contributed by atoms with Gasteiger partial charge < -0.3 is 9.47 Å². The Morgan fingerprint density at radius 2 is 0.964 bits per heavy atom. The van der Waals surface area contributed by atoms with Crippen LogP contribution in [-0.4, -0.2) is 4.57 Å². The van der Waals surface area contributed by atoms with E-state index >= 15 is 0 Å². The van der Waals surface area contributed by atoms with Crippen LogP contribution in [0.15, 0.2) is 206 Å². The number of nitrogens with zero attached hydrogens (tertiary/aromatic N) is 2. The number of para-hydroxylation sites is 2. The van der Waals surface area contributed by atoms with Gasteiger partial charge in [0, 0.05) is 43.3 Å². The quantitative estimate of drug-likeness (QED) is 0.166. The van der Waals surface area contributed by atoms with Crippen LogP contribution in [0.4, 0.5) is 17.1 Å². The number of thiophene rings is 1. The van der Waals surface area contributed by atoms with Crippen molar-refractivity contribution in [2.45, 2.75) is 0 Å². The molecule has 0 atom stereocenters. The summed E-state index contributed by atoms with van der Waals surface area (Å²) in [6.07, 6.45) is 0. The lowest BCUT2D eigenvalue weighted by Crippen LogP contribution is -2.10. The second-order valence-corrected chi connectivity index (χ2v) is 15.2. The van der Waals surface area contributed by atoms with Gasteiger partial charge in [0.2, 0.25) is 0 Å². The van der Waals surface area contributed by atoms with Gasteiger partial charge in [-0.05, 0) is 99.8 Å². The molecule has 0 spiro atoms. The van der Waals surface area contributed by atoms with Crippen molar-refractivity contribution in [3.05, 3.63) is 206 Å². The van der Waals surface area contributed by atoms with Gasteiger partial charge in [-0.15, -0.1) is 11.3 Å². The number of hydrogen-bond donors (Lipinski definition) is 0. The third kappa shape index (κ3) is 5.32. The average molecular weight is 719 g/mol. The molecule has 11 aromatic rings. The lowest BCUT2D eigenvalue weighted by molar-refractivity contribution is 1.17. The van der Waals surface area contributed by atoms with Gasteiger partial charge >= 0.3 is 0 Å². The fourth-order valence-corrected chi connectivity index (χ4v) is 9.56. The zero-order valence-corrected chi connectivity index (χ0v) is 30.7. The van der Waals surface area contributed by atoms with Crippen molar-refractivity contribution >= 4 is 81.1 Å². The Morgan fingerprint density at radius 1 is 0.364 bits per heavy atom. The number of rotatable bonds is 6. The van der Waals surface area contributed by atoms with Gasteiger partial charge in [0.1, 0.15) is 0 Å². The fourth-order valence-electron chi connectivity index (χ4n) is 8.36. The van der Waals surface area contributed by atoms with E-state index < -0.39 is 0 Å². The van der Waals surface area contributed by atoms with E-state index in [9.17, 15) is 0 Å². The first-order valence-corrected chi connectivity index (χ1v) is 19.6. The minimum atomic E-state index is 1.11. The molecule has 0 saturated heterocycles. The highest BCUT2D eigenvalue weighted by atomic mass is 32.1. The molecule has 0 aliphatic rings. The summed E-state index contributed by atoms with van der Waals surface area (Å²) in [6, 6.07) is 75.2. The Kier molecular flexibility index (Phi) is 7.39. The molecule has 0 bridgehead atoms. The van der Waals surface area contributed by atoms with E-state index in [0.29, 0.717) is 0 Å². The van der Waals surface area contributed by atoms with E-state index in [2.05, 4.69) is 216 Å². The Hall–Kier alpha value is -6.94. The molecule has 0 aliphatic heterocycles. The zero-order valence-electron chi connectivity index (χ0n) is 29.9. The highest BCUT2D eigenvalue weighted by Gasteiger charge is 2.20. The molecule has 11 rings (SSSR count). The highest BCUT2D eigenvalue weighted by Crippen LogP contribution is 2.45. The Balaban J connectivity index is 1.06. The number of anilines is 3. The Morgan fingerprint density at radius 3 is 1.76 bits per heavy atom. The van der Waals surface area contributed by atoms with Crippen molar-refractivity contribution in [1.82, 2.24) is 4.57 Å². The van der Waals surface area contributed by atoms with Crippen LogP contribution in [0, 0.1) is 0 Å². The van der Waals surface area contributed by atoms with E-state index in [0.717, 1.165) is 17.1 Å². The molecule has 9 aromatic carbocycles. The lowest BCUT2D eigenvalue weighted by Gasteiger charge is -2.27. The molecule has 55 heavy (non-hydrogen) atoms. The molecule has 0 aliphatic carbocycles. The molecule has 0 amide bonds. The minimum Gasteiger partial charge on any atom is -0.309 e. The van der Waals surface area contributed by atoms with Gasteiger partial charge in [-0.1, -0.05) is 140 Å². The van der Waals surface area contributed by atoms with Crippen LogP contribution < -0.4 is 4.90 Å². The first kappa shape index (κ1) is 31.6. The smallest absolute Gasteiger partial charge is 0.0640 e. The topological polar surface area (TPSA) is 8.17 Å². The van der Waals surface area contributed by atoms with Gasteiger partial charge in [0.05, 0.1) is 21.4 Å². The molecule has 0 saturated carbocycles. The summed E-state index contributed by atoms with van der Waals surface area (Å²) in [5.74, 6) is 0. The fraction of sp³-hybridized carbons (Fsp3) is 0. The zero-order chi connectivity index (χ0) is 36.3. The van der Waals surface area contributed by atoms with Crippen LogP contribution in [0.25, 0.3) is 80.7 Å². The van der Waals surface area contributed by atoms with Crippen LogP contribution in [0.2, 0.25) is 0 Å². The molecule has 0 radical (unpaired) electrons. The average Bonchev–Trinajstić information content (AvgIpc) is 3.81. The van der Waals surface area contributed by atoms with Crippen molar-refractivity contribution in [2.24, 2.45) is 0 Å². The second-order valence-electron chi connectivity index (χ2n) is 14.2. The predicted molar refractivity (Wildman–Crippen MR) is 237 cm³/mol. The summed E-state index contributed by atoms with van der Waals surface area (Å²) < 4.78 is 4.97. The van der Waals surface area contributed by atoms with E-state index in [1.54, 1.807) is 0 Å². The van der Waals surface area contributed by atoms with Gasteiger partial charge in [-0.2, -0.15) is 0 Å². The second kappa shape index (κ2) is 12.9. The summed E-state index contributed by atoms with van der Waals surface area (Å²) in [6.45, 7) is 0. The summed E-state index contributed by atoms with van der Waals surface area (Å²) in [4.78, 5) is 2.43. The SMILES string of the molecule is c1cc(-c2ccc(N(c3cccc(-n4c5ccccc5c5ccccc54)c3)c3cccc4c3sc3ccccc34)cc2)cc(-c2ccc3ccccc3c2)c1. The standard InChI is InChI=1S/C52H34N2S/c1-2-13-37-33-40(27-26-35(37)12-1)39-15-9-14-38(32-39)36-28-30-41(31-29-36)53(50-24-11-21-47-46-20-5-8-25-51(46)55-52(47)50)42-16-10-17-43(34-42)54-48-22-6-3-18-44(48)45-19-4-7-23-49(45)54/h1-34H. The van der Waals surface area contributed by atoms with Crippen molar-refractivity contribution < 1.29 is 0 Å². The summed E-state index contributed by atoms with van der Waals surface area (Å²) in [7, 11) is 0. The van der Waals surface area contributed by atoms with Crippen molar-refractivity contribution in [2.75, 3.05) is 4.90 Å². The van der Waals surface area contributed by atoms with Gasteiger partial charge in [-0.25, -0.2) is 0 Å². The molecule has 2 nitrogen and oxygen atoms in total. The largest absolute Gasteiger partial charge is 0.309 e. The van der Waals surface area contributed by atoms with Crippen LogP contribution in [0.5, 0.6) is 0 Å². The Labute approximate surface area is 323 Å². The highest BCUT2D eigenvalue weighted by molar-refractivity contribution is 7.26. The minimum absolute atomic E-state index is 1.11. The van der Waals surface area contributed by atoms with Gasteiger partial charge in [0.15, 0.2) is 0 Å². The summed E-state index contributed by atoms with van der Waals surface area (Å²) >= 11 is 1.86. The van der Waals surface area contributed by atoms with E-state index in [1.807, 2.05) is 11.3 Å². The number of aromatic nitrogens is 1.